The lowest BCUT2D eigenvalue weighted by molar-refractivity contribution is -0.115. The van der Waals surface area contributed by atoms with Crippen LogP contribution in [0.5, 0.6) is 0 Å². The van der Waals surface area contributed by atoms with Crippen LogP contribution in [0.4, 0.5) is 5.82 Å². The smallest absolute Gasteiger partial charge is 0.239 e. The van der Waals surface area contributed by atoms with Crippen LogP contribution in [-0.4, -0.2) is 17.6 Å². The van der Waals surface area contributed by atoms with Crippen molar-refractivity contribution >= 4 is 23.1 Å². The molecule has 0 spiro atoms. The number of carbonyl (C=O) groups excluding carboxylic acids is 1. The quantitative estimate of drug-likeness (QED) is 0.598. The topological polar surface area (TPSA) is 67.2 Å². The molecule has 3 aromatic rings. The third-order valence-electron chi connectivity index (χ3n) is 4.15. The van der Waals surface area contributed by atoms with Crippen LogP contribution >= 0.6 is 11.3 Å². The zero-order chi connectivity index (χ0) is 19.2. The highest BCUT2D eigenvalue weighted by molar-refractivity contribution is 7.10. The van der Waals surface area contributed by atoms with Crippen molar-refractivity contribution in [3.63, 3.8) is 0 Å². The van der Waals surface area contributed by atoms with E-state index in [0.29, 0.717) is 17.5 Å². The highest BCUT2D eigenvalue weighted by Crippen LogP contribution is 2.26. The zero-order valence-electron chi connectivity index (χ0n) is 15.9. The van der Waals surface area contributed by atoms with Crippen molar-refractivity contribution < 1.29 is 9.32 Å². The van der Waals surface area contributed by atoms with Gasteiger partial charge in [-0.2, -0.15) is 0 Å². The van der Waals surface area contributed by atoms with E-state index in [0.717, 1.165) is 12.0 Å². The average molecular weight is 384 g/mol. The maximum absolute atomic E-state index is 12.3. The third kappa shape index (κ3) is 5.52. The fourth-order valence-corrected chi connectivity index (χ4v) is 3.79. The molecule has 0 bridgehead atoms. The summed E-state index contributed by atoms with van der Waals surface area (Å²) < 4.78 is 4.97. The molecule has 2 aromatic heterocycles. The lowest BCUT2D eigenvalue weighted by atomic mass is 9.99. The predicted molar refractivity (Wildman–Crippen MR) is 109 cm³/mol. The molecule has 0 aliphatic carbocycles. The van der Waals surface area contributed by atoms with Gasteiger partial charge in [-0.05, 0) is 41.8 Å². The van der Waals surface area contributed by atoms with Crippen LogP contribution in [-0.2, 0) is 11.2 Å². The Labute approximate surface area is 163 Å². The van der Waals surface area contributed by atoms with Gasteiger partial charge in [-0.15, -0.1) is 11.3 Å². The van der Waals surface area contributed by atoms with Gasteiger partial charge in [0.05, 0.1) is 12.6 Å². The number of aryl methyl sites for hydroxylation is 1. The van der Waals surface area contributed by atoms with Crippen LogP contribution in [0.25, 0.3) is 0 Å². The minimum atomic E-state index is -0.152. The molecule has 27 heavy (non-hydrogen) atoms. The minimum Gasteiger partial charge on any atom is -0.360 e. The van der Waals surface area contributed by atoms with E-state index in [1.807, 2.05) is 6.07 Å². The van der Waals surface area contributed by atoms with Crippen molar-refractivity contribution in [1.29, 1.82) is 0 Å². The summed E-state index contributed by atoms with van der Waals surface area (Å²) in [5.41, 5.74) is 2.48. The number of thiophene rings is 1. The van der Waals surface area contributed by atoms with Crippen molar-refractivity contribution in [2.75, 3.05) is 11.9 Å². The number of anilines is 1. The average Bonchev–Trinajstić information content (AvgIpc) is 3.28. The number of carbonyl (C=O) groups is 1. The van der Waals surface area contributed by atoms with E-state index in [2.05, 4.69) is 65.3 Å². The van der Waals surface area contributed by atoms with Gasteiger partial charge in [0.1, 0.15) is 5.76 Å². The second-order valence-corrected chi connectivity index (χ2v) is 8.02. The molecule has 1 atom stereocenters. The van der Waals surface area contributed by atoms with E-state index in [4.69, 9.17) is 4.52 Å². The molecule has 0 aliphatic rings. The highest BCUT2D eigenvalue weighted by Gasteiger charge is 2.17. The number of amides is 1. The van der Waals surface area contributed by atoms with Gasteiger partial charge in [0.2, 0.25) is 5.91 Å². The van der Waals surface area contributed by atoms with E-state index < -0.39 is 0 Å². The van der Waals surface area contributed by atoms with Gasteiger partial charge in [0.15, 0.2) is 5.82 Å². The monoisotopic (exact) mass is 383 g/mol. The second kappa shape index (κ2) is 8.97. The fraction of sp³-hybridized carbons (Fsp3) is 0.333. The fourth-order valence-electron chi connectivity index (χ4n) is 2.96. The standard InChI is InChI=1S/C21H25N3O2S/c1-14(2)11-16-6-8-17(9-7-16)21(18-5-4-10-27-18)22-13-20(25)23-19-12-15(3)26-24-19/h4-10,12,14,21-22H,11,13H2,1-3H3,(H,23,24,25)/t21-/m0/s1. The number of hydrogen-bond acceptors (Lipinski definition) is 5. The Hall–Kier alpha value is -2.44. The summed E-state index contributed by atoms with van der Waals surface area (Å²) in [4.78, 5) is 13.4. The molecule has 5 nitrogen and oxygen atoms in total. The SMILES string of the molecule is Cc1cc(NC(=O)CN[C@@H](c2ccc(CC(C)C)cc2)c2cccs2)no1. The van der Waals surface area contributed by atoms with E-state index in [1.165, 1.54) is 10.4 Å². The van der Waals surface area contributed by atoms with Crippen molar-refractivity contribution in [3.05, 3.63) is 69.6 Å². The van der Waals surface area contributed by atoms with Crippen LogP contribution < -0.4 is 10.6 Å². The van der Waals surface area contributed by atoms with Crippen molar-refractivity contribution in [2.45, 2.75) is 33.2 Å². The Morgan fingerprint density at radius 3 is 2.59 bits per heavy atom. The third-order valence-corrected chi connectivity index (χ3v) is 5.08. The van der Waals surface area contributed by atoms with Gasteiger partial charge in [0.25, 0.3) is 0 Å². The van der Waals surface area contributed by atoms with Crippen molar-refractivity contribution in [3.8, 4) is 0 Å². The summed E-state index contributed by atoms with van der Waals surface area (Å²) in [6.07, 6.45) is 1.07. The second-order valence-electron chi connectivity index (χ2n) is 7.04. The summed E-state index contributed by atoms with van der Waals surface area (Å²) in [7, 11) is 0. The van der Waals surface area contributed by atoms with Crippen molar-refractivity contribution in [1.82, 2.24) is 10.5 Å². The molecule has 0 unspecified atom stereocenters. The Bertz CT molecular complexity index is 854. The highest BCUT2D eigenvalue weighted by atomic mass is 32.1. The zero-order valence-corrected chi connectivity index (χ0v) is 16.7. The largest absolute Gasteiger partial charge is 0.360 e. The predicted octanol–water partition coefficient (Wildman–Crippen LogP) is 4.56. The molecule has 1 amide bonds. The molecular formula is C21H25N3O2S. The number of benzene rings is 1. The number of rotatable bonds is 8. The maximum Gasteiger partial charge on any atom is 0.239 e. The summed E-state index contributed by atoms with van der Waals surface area (Å²) in [5, 5.41) is 12.0. The first-order valence-electron chi connectivity index (χ1n) is 9.10. The van der Waals surface area contributed by atoms with Gasteiger partial charge in [0, 0.05) is 10.9 Å². The first-order valence-corrected chi connectivity index (χ1v) is 9.98. The lowest BCUT2D eigenvalue weighted by Gasteiger charge is -2.18. The number of aromatic nitrogens is 1. The normalized spacial score (nSPS) is 12.3. The Kier molecular flexibility index (Phi) is 6.42. The van der Waals surface area contributed by atoms with E-state index in [9.17, 15) is 4.79 Å². The molecule has 3 rings (SSSR count). The molecule has 1 aromatic carbocycles. The van der Waals surface area contributed by atoms with Crippen LogP contribution in [0.1, 0.15) is 41.7 Å². The molecule has 0 aliphatic heterocycles. The van der Waals surface area contributed by atoms with Gasteiger partial charge in [-0.1, -0.05) is 49.3 Å². The lowest BCUT2D eigenvalue weighted by Crippen LogP contribution is -2.31. The first-order chi connectivity index (χ1) is 13.0. The molecule has 0 fully saturated rings. The maximum atomic E-state index is 12.3. The van der Waals surface area contributed by atoms with Gasteiger partial charge < -0.3 is 9.84 Å². The Morgan fingerprint density at radius 1 is 1.22 bits per heavy atom. The molecular weight excluding hydrogens is 358 g/mol. The Balaban J connectivity index is 1.68. The van der Waals surface area contributed by atoms with E-state index in [-0.39, 0.29) is 18.5 Å². The van der Waals surface area contributed by atoms with Crippen LogP contribution in [0.15, 0.2) is 52.4 Å². The van der Waals surface area contributed by atoms with Gasteiger partial charge in [-0.25, -0.2) is 0 Å². The van der Waals surface area contributed by atoms with Crippen LogP contribution in [0.2, 0.25) is 0 Å². The first kappa shape index (κ1) is 19.3. The number of hydrogen-bond donors (Lipinski definition) is 2. The minimum absolute atomic E-state index is 0.0251. The summed E-state index contributed by atoms with van der Waals surface area (Å²) in [6.45, 7) is 6.41. The van der Waals surface area contributed by atoms with E-state index >= 15 is 0 Å². The Morgan fingerprint density at radius 2 is 2.00 bits per heavy atom. The molecule has 6 heteroatoms. The molecule has 0 radical (unpaired) electrons. The summed E-state index contributed by atoms with van der Waals surface area (Å²) >= 11 is 1.68. The number of nitrogens with zero attached hydrogens (tertiary/aromatic N) is 1. The van der Waals surface area contributed by atoms with Gasteiger partial charge >= 0.3 is 0 Å². The molecule has 142 valence electrons. The van der Waals surface area contributed by atoms with Crippen LogP contribution in [0.3, 0.4) is 0 Å². The van der Waals surface area contributed by atoms with Gasteiger partial charge in [-0.3, -0.25) is 10.1 Å². The molecule has 2 N–H and O–H groups in total. The summed E-state index contributed by atoms with van der Waals surface area (Å²) in [5.74, 6) is 1.58. The molecule has 0 saturated carbocycles. The number of nitrogens with one attached hydrogen (secondary N) is 2. The molecule has 2 heterocycles. The molecule has 0 saturated heterocycles. The van der Waals surface area contributed by atoms with Crippen LogP contribution in [0, 0.1) is 12.8 Å². The van der Waals surface area contributed by atoms with E-state index in [1.54, 1.807) is 24.3 Å². The summed E-state index contributed by atoms with van der Waals surface area (Å²) in [6, 6.07) is 14.4. The van der Waals surface area contributed by atoms with Crippen molar-refractivity contribution in [2.24, 2.45) is 5.92 Å².